The summed E-state index contributed by atoms with van der Waals surface area (Å²) in [7, 11) is 0. The van der Waals surface area contributed by atoms with E-state index in [0.717, 1.165) is 13.0 Å². The minimum Gasteiger partial charge on any atom is -0.354 e. The van der Waals surface area contributed by atoms with Gasteiger partial charge >= 0.3 is 0 Å². The van der Waals surface area contributed by atoms with Gasteiger partial charge in [0.25, 0.3) is 0 Å². The molecule has 0 aromatic rings. The molecular weight excluding hydrogens is 206 g/mol. The fraction of sp³-hybridized carbons (Fsp3) is 0.818. The maximum Gasteiger partial charge on any atom is 0.239 e. The van der Waals surface area contributed by atoms with Gasteiger partial charge in [-0.25, -0.2) is 0 Å². The highest BCUT2D eigenvalue weighted by molar-refractivity contribution is 5.85. The molecule has 1 aliphatic rings. The van der Waals surface area contributed by atoms with Crippen molar-refractivity contribution in [2.45, 2.75) is 32.7 Å². The first-order valence-corrected chi connectivity index (χ1v) is 5.91. The number of carbonyl (C=O) groups excluding carboxylic acids is 2. The van der Waals surface area contributed by atoms with Crippen LogP contribution in [0.1, 0.15) is 26.7 Å². The van der Waals surface area contributed by atoms with Crippen molar-refractivity contribution < 1.29 is 9.59 Å². The lowest BCUT2D eigenvalue weighted by Crippen LogP contribution is -2.40. The van der Waals surface area contributed by atoms with Crippen molar-refractivity contribution in [3.05, 3.63) is 0 Å². The molecule has 1 unspecified atom stereocenters. The van der Waals surface area contributed by atoms with Crippen molar-refractivity contribution in [1.82, 2.24) is 15.5 Å². The number of carbonyl (C=O) groups is 2. The van der Waals surface area contributed by atoms with Gasteiger partial charge in [0.05, 0.1) is 6.54 Å². The van der Waals surface area contributed by atoms with E-state index in [2.05, 4.69) is 10.6 Å². The maximum atomic E-state index is 11.9. The van der Waals surface area contributed by atoms with E-state index in [9.17, 15) is 9.59 Å². The van der Waals surface area contributed by atoms with E-state index in [1.807, 2.05) is 13.8 Å². The molecule has 2 N–H and O–H groups in total. The van der Waals surface area contributed by atoms with Crippen LogP contribution >= 0.6 is 0 Å². The number of nitrogens with zero attached hydrogens (tertiary/aromatic N) is 1. The molecule has 1 heterocycles. The van der Waals surface area contributed by atoms with Crippen LogP contribution in [0.4, 0.5) is 0 Å². The standard InChI is InChI=1S/C11H21N3O2/c1-3-12-9(2)7-11(16)14-6-4-5-13-10(15)8-14/h9,12H,3-8H2,1-2H3,(H,13,15). The molecule has 1 atom stereocenters. The SMILES string of the molecule is CCNC(C)CC(=O)N1CCCNC(=O)C1. The molecule has 0 aromatic heterocycles. The van der Waals surface area contributed by atoms with Crippen LogP contribution in [0.3, 0.4) is 0 Å². The quantitative estimate of drug-likeness (QED) is 0.694. The Morgan fingerprint density at radius 1 is 1.62 bits per heavy atom. The predicted molar refractivity (Wildman–Crippen MR) is 62.0 cm³/mol. The zero-order chi connectivity index (χ0) is 12.0. The van der Waals surface area contributed by atoms with Gasteiger partial charge < -0.3 is 15.5 Å². The van der Waals surface area contributed by atoms with E-state index >= 15 is 0 Å². The van der Waals surface area contributed by atoms with E-state index in [1.54, 1.807) is 4.90 Å². The summed E-state index contributed by atoms with van der Waals surface area (Å²) >= 11 is 0. The molecule has 0 aliphatic carbocycles. The molecule has 92 valence electrons. The number of hydrogen-bond donors (Lipinski definition) is 2. The molecule has 0 spiro atoms. The van der Waals surface area contributed by atoms with Gasteiger partial charge in [-0.1, -0.05) is 6.92 Å². The first-order valence-electron chi connectivity index (χ1n) is 5.91. The van der Waals surface area contributed by atoms with Gasteiger partial charge in [-0.2, -0.15) is 0 Å². The van der Waals surface area contributed by atoms with Gasteiger partial charge in [0.15, 0.2) is 0 Å². The maximum absolute atomic E-state index is 11.9. The van der Waals surface area contributed by atoms with Crippen molar-refractivity contribution in [3.63, 3.8) is 0 Å². The van der Waals surface area contributed by atoms with Gasteiger partial charge in [-0.3, -0.25) is 9.59 Å². The Kier molecular flexibility index (Phi) is 5.25. The summed E-state index contributed by atoms with van der Waals surface area (Å²) in [6.45, 7) is 6.41. The minimum atomic E-state index is -0.0537. The second-order valence-electron chi connectivity index (χ2n) is 4.18. The number of hydrogen-bond acceptors (Lipinski definition) is 3. The highest BCUT2D eigenvalue weighted by atomic mass is 16.2. The number of nitrogens with one attached hydrogen (secondary N) is 2. The van der Waals surface area contributed by atoms with Crippen LogP contribution in [-0.4, -0.2) is 48.9 Å². The Morgan fingerprint density at radius 2 is 2.38 bits per heavy atom. The summed E-state index contributed by atoms with van der Waals surface area (Å²) in [6.07, 6.45) is 1.30. The van der Waals surface area contributed by atoms with Gasteiger partial charge in [-0.05, 0) is 19.9 Å². The third-order valence-corrected chi connectivity index (χ3v) is 2.65. The molecule has 0 saturated carbocycles. The van der Waals surface area contributed by atoms with Gasteiger partial charge in [0.1, 0.15) is 0 Å². The number of rotatable bonds is 4. The molecule has 1 fully saturated rings. The Morgan fingerprint density at radius 3 is 3.06 bits per heavy atom. The topological polar surface area (TPSA) is 61.4 Å². The summed E-state index contributed by atoms with van der Waals surface area (Å²) < 4.78 is 0. The van der Waals surface area contributed by atoms with Crippen molar-refractivity contribution in [3.8, 4) is 0 Å². The third-order valence-electron chi connectivity index (χ3n) is 2.65. The summed E-state index contributed by atoms with van der Waals surface area (Å²) in [5.41, 5.74) is 0. The molecule has 1 saturated heterocycles. The zero-order valence-corrected chi connectivity index (χ0v) is 10.1. The average Bonchev–Trinajstić information content (AvgIpc) is 2.43. The van der Waals surface area contributed by atoms with Crippen LogP contribution in [0.2, 0.25) is 0 Å². The van der Waals surface area contributed by atoms with Gasteiger partial charge in [0, 0.05) is 25.6 Å². The molecule has 1 aliphatic heterocycles. The van der Waals surface area contributed by atoms with Gasteiger partial charge in [-0.15, -0.1) is 0 Å². The van der Waals surface area contributed by atoms with Crippen LogP contribution in [0.15, 0.2) is 0 Å². The highest BCUT2D eigenvalue weighted by Gasteiger charge is 2.20. The van der Waals surface area contributed by atoms with Crippen molar-refractivity contribution in [2.24, 2.45) is 0 Å². The molecule has 5 nitrogen and oxygen atoms in total. The van der Waals surface area contributed by atoms with E-state index in [0.29, 0.717) is 19.5 Å². The second kappa shape index (κ2) is 6.48. The normalized spacial score (nSPS) is 18.9. The lowest BCUT2D eigenvalue weighted by molar-refractivity contribution is -0.135. The average molecular weight is 227 g/mol. The lowest BCUT2D eigenvalue weighted by atomic mass is 10.2. The Balaban J connectivity index is 2.42. The van der Waals surface area contributed by atoms with Crippen LogP contribution in [0.5, 0.6) is 0 Å². The Labute approximate surface area is 96.6 Å². The lowest BCUT2D eigenvalue weighted by Gasteiger charge is -2.21. The van der Waals surface area contributed by atoms with Crippen LogP contribution in [0, 0.1) is 0 Å². The molecule has 2 amide bonds. The summed E-state index contributed by atoms with van der Waals surface area (Å²) in [5.74, 6) is 0.00690. The van der Waals surface area contributed by atoms with E-state index in [-0.39, 0.29) is 24.4 Å². The molecule has 0 aromatic carbocycles. The monoisotopic (exact) mass is 227 g/mol. The van der Waals surface area contributed by atoms with Crippen LogP contribution in [0.25, 0.3) is 0 Å². The molecule has 1 rings (SSSR count). The molecular formula is C11H21N3O2. The number of amides is 2. The Bertz CT molecular complexity index is 256. The minimum absolute atomic E-state index is 0.0537. The molecule has 16 heavy (non-hydrogen) atoms. The first-order chi connectivity index (χ1) is 7.63. The van der Waals surface area contributed by atoms with E-state index in [4.69, 9.17) is 0 Å². The summed E-state index contributed by atoms with van der Waals surface area (Å²) in [4.78, 5) is 24.8. The van der Waals surface area contributed by atoms with Crippen molar-refractivity contribution in [2.75, 3.05) is 26.2 Å². The Hall–Kier alpha value is -1.10. The smallest absolute Gasteiger partial charge is 0.239 e. The molecule has 0 radical (unpaired) electrons. The summed E-state index contributed by atoms with van der Waals surface area (Å²) in [5, 5.41) is 5.95. The second-order valence-corrected chi connectivity index (χ2v) is 4.18. The fourth-order valence-corrected chi connectivity index (χ4v) is 1.83. The third kappa shape index (κ3) is 4.18. The van der Waals surface area contributed by atoms with E-state index < -0.39 is 0 Å². The highest BCUT2D eigenvalue weighted by Crippen LogP contribution is 2.02. The van der Waals surface area contributed by atoms with E-state index in [1.165, 1.54) is 0 Å². The first kappa shape index (κ1) is 13.0. The predicted octanol–water partition coefficient (Wildman–Crippen LogP) is -0.277. The van der Waals surface area contributed by atoms with Crippen molar-refractivity contribution in [1.29, 1.82) is 0 Å². The molecule has 0 bridgehead atoms. The fourth-order valence-electron chi connectivity index (χ4n) is 1.83. The van der Waals surface area contributed by atoms with Crippen LogP contribution < -0.4 is 10.6 Å². The van der Waals surface area contributed by atoms with Gasteiger partial charge in [0.2, 0.25) is 11.8 Å². The summed E-state index contributed by atoms with van der Waals surface area (Å²) in [6, 6.07) is 0.170. The zero-order valence-electron chi connectivity index (χ0n) is 10.1. The van der Waals surface area contributed by atoms with Crippen molar-refractivity contribution >= 4 is 11.8 Å². The van der Waals surface area contributed by atoms with Crippen LogP contribution in [-0.2, 0) is 9.59 Å². The molecule has 5 heteroatoms. The largest absolute Gasteiger partial charge is 0.354 e.